The standard InChI is InChI=1S/C20H24F3NO/c21-20(22,23)16-8-6-7-15(13-16)19-12-11-18(25-19)14-24-17-9-4-2-1-3-5-10-17/h6-8,11-13,17,24H,1-5,9-10,14H2. The fourth-order valence-corrected chi connectivity index (χ4v) is 3.38. The highest BCUT2D eigenvalue weighted by atomic mass is 19.4. The van der Waals surface area contributed by atoms with E-state index >= 15 is 0 Å². The van der Waals surface area contributed by atoms with Crippen LogP contribution >= 0.6 is 0 Å². The van der Waals surface area contributed by atoms with Crippen molar-refractivity contribution in [2.45, 2.75) is 63.7 Å². The van der Waals surface area contributed by atoms with Gasteiger partial charge >= 0.3 is 6.18 Å². The van der Waals surface area contributed by atoms with E-state index in [1.165, 1.54) is 51.0 Å². The van der Waals surface area contributed by atoms with Crippen LogP contribution in [0, 0.1) is 0 Å². The van der Waals surface area contributed by atoms with Gasteiger partial charge < -0.3 is 9.73 Å². The zero-order valence-corrected chi connectivity index (χ0v) is 14.2. The first kappa shape index (κ1) is 18.1. The van der Waals surface area contributed by atoms with Crippen LogP contribution in [0.25, 0.3) is 11.3 Å². The first-order valence-corrected chi connectivity index (χ1v) is 9.02. The van der Waals surface area contributed by atoms with Gasteiger partial charge in [0.1, 0.15) is 11.5 Å². The van der Waals surface area contributed by atoms with E-state index in [0.717, 1.165) is 17.9 Å². The predicted octanol–water partition coefficient (Wildman–Crippen LogP) is 6.17. The predicted molar refractivity (Wildman–Crippen MR) is 92.1 cm³/mol. The van der Waals surface area contributed by atoms with Crippen molar-refractivity contribution in [3.63, 3.8) is 0 Å². The summed E-state index contributed by atoms with van der Waals surface area (Å²) in [5.41, 5.74) is -0.206. The molecule has 136 valence electrons. The van der Waals surface area contributed by atoms with E-state index in [9.17, 15) is 13.2 Å². The summed E-state index contributed by atoms with van der Waals surface area (Å²) in [5.74, 6) is 1.23. The molecule has 1 aromatic carbocycles. The summed E-state index contributed by atoms with van der Waals surface area (Å²) in [7, 11) is 0. The Balaban J connectivity index is 1.62. The molecule has 1 heterocycles. The van der Waals surface area contributed by atoms with Gasteiger partial charge in [0.2, 0.25) is 0 Å². The van der Waals surface area contributed by atoms with Crippen LogP contribution < -0.4 is 5.32 Å². The minimum absolute atomic E-state index is 0.451. The number of alkyl halides is 3. The number of hydrogen-bond acceptors (Lipinski definition) is 2. The molecule has 1 aliphatic carbocycles. The quantitative estimate of drug-likeness (QED) is 0.713. The minimum Gasteiger partial charge on any atom is -0.460 e. The molecule has 2 nitrogen and oxygen atoms in total. The lowest BCUT2D eigenvalue weighted by atomic mass is 9.97. The van der Waals surface area contributed by atoms with Crippen molar-refractivity contribution in [1.29, 1.82) is 0 Å². The van der Waals surface area contributed by atoms with Gasteiger partial charge in [0.15, 0.2) is 0 Å². The minimum atomic E-state index is -4.34. The third-order valence-electron chi connectivity index (χ3n) is 4.81. The number of nitrogens with one attached hydrogen (secondary N) is 1. The molecule has 1 fully saturated rings. The summed E-state index contributed by atoms with van der Waals surface area (Å²) in [6.07, 6.45) is 4.48. The van der Waals surface area contributed by atoms with Crippen LogP contribution in [-0.2, 0) is 12.7 Å². The van der Waals surface area contributed by atoms with Crippen molar-refractivity contribution in [3.8, 4) is 11.3 Å². The van der Waals surface area contributed by atoms with Gasteiger partial charge in [0, 0.05) is 11.6 Å². The van der Waals surface area contributed by atoms with Crippen molar-refractivity contribution in [2.24, 2.45) is 0 Å². The van der Waals surface area contributed by atoms with Crippen molar-refractivity contribution in [2.75, 3.05) is 0 Å². The molecule has 0 spiro atoms. The second-order valence-corrected chi connectivity index (χ2v) is 6.77. The van der Waals surface area contributed by atoms with E-state index in [1.807, 2.05) is 6.07 Å². The van der Waals surface area contributed by atoms with Gasteiger partial charge in [-0.25, -0.2) is 0 Å². The largest absolute Gasteiger partial charge is 0.460 e. The monoisotopic (exact) mass is 351 g/mol. The Morgan fingerprint density at radius 1 is 0.960 bits per heavy atom. The van der Waals surface area contributed by atoms with Gasteiger partial charge in [-0.2, -0.15) is 13.2 Å². The first-order chi connectivity index (χ1) is 12.0. The van der Waals surface area contributed by atoms with Gasteiger partial charge in [-0.15, -0.1) is 0 Å². The van der Waals surface area contributed by atoms with Crippen molar-refractivity contribution < 1.29 is 17.6 Å². The van der Waals surface area contributed by atoms with E-state index in [0.29, 0.717) is 23.9 Å². The van der Waals surface area contributed by atoms with E-state index < -0.39 is 11.7 Å². The Morgan fingerprint density at radius 2 is 1.68 bits per heavy atom. The summed E-state index contributed by atoms with van der Waals surface area (Å²) in [4.78, 5) is 0. The van der Waals surface area contributed by atoms with Crippen LogP contribution in [-0.4, -0.2) is 6.04 Å². The number of hydrogen-bond donors (Lipinski definition) is 1. The molecule has 1 aliphatic rings. The molecule has 0 amide bonds. The molecule has 0 atom stereocenters. The molecule has 25 heavy (non-hydrogen) atoms. The average Bonchev–Trinajstić information content (AvgIpc) is 3.02. The second-order valence-electron chi connectivity index (χ2n) is 6.77. The lowest BCUT2D eigenvalue weighted by Gasteiger charge is -2.20. The third kappa shape index (κ3) is 5.11. The summed E-state index contributed by atoms with van der Waals surface area (Å²) < 4.78 is 44.3. The van der Waals surface area contributed by atoms with E-state index in [4.69, 9.17) is 4.42 Å². The third-order valence-corrected chi connectivity index (χ3v) is 4.81. The topological polar surface area (TPSA) is 25.2 Å². The van der Waals surface area contributed by atoms with Crippen molar-refractivity contribution in [3.05, 3.63) is 47.7 Å². The van der Waals surface area contributed by atoms with Crippen LogP contribution in [0.3, 0.4) is 0 Å². The van der Waals surface area contributed by atoms with Crippen LogP contribution in [0.5, 0.6) is 0 Å². The normalized spacial score (nSPS) is 17.2. The first-order valence-electron chi connectivity index (χ1n) is 9.02. The fourth-order valence-electron chi connectivity index (χ4n) is 3.38. The molecular weight excluding hydrogens is 327 g/mol. The van der Waals surface area contributed by atoms with E-state index in [2.05, 4.69) is 5.32 Å². The highest BCUT2D eigenvalue weighted by molar-refractivity contribution is 5.58. The Bertz CT molecular complexity index is 670. The molecule has 0 aliphatic heterocycles. The van der Waals surface area contributed by atoms with Gasteiger partial charge in [-0.3, -0.25) is 0 Å². The molecule has 0 bridgehead atoms. The highest BCUT2D eigenvalue weighted by Crippen LogP contribution is 2.32. The summed E-state index contributed by atoms with van der Waals surface area (Å²) >= 11 is 0. The summed E-state index contributed by atoms with van der Waals surface area (Å²) in [6.45, 7) is 0.615. The second kappa shape index (κ2) is 8.09. The van der Waals surface area contributed by atoms with Gasteiger partial charge in [0.05, 0.1) is 12.1 Å². The van der Waals surface area contributed by atoms with Crippen LogP contribution in [0.2, 0.25) is 0 Å². The molecule has 5 heteroatoms. The number of rotatable bonds is 4. The van der Waals surface area contributed by atoms with Crippen molar-refractivity contribution in [1.82, 2.24) is 5.32 Å². The van der Waals surface area contributed by atoms with Crippen LogP contribution in [0.15, 0.2) is 40.8 Å². The zero-order chi connectivity index (χ0) is 17.7. The van der Waals surface area contributed by atoms with Gasteiger partial charge in [-0.05, 0) is 37.1 Å². The molecule has 0 saturated heterocycles. The maximum atomic E-state index is 12.8. The molecule has 0 unspecified atom stereocenters. The average molecular weight is 351 g/mol. The molecule has 1 saturated carbocycles. The Morgan fingerprint density at radius 3 is 2.40 bits per heavy atom. The van der Waals surface area contributed by atoms with Crippen LogP contribution in [0.4, 0.5) is 13.2 Å². The van der Waals surface area contributed by atoms with Crippen LogP contribution in [0.1, 0.15) is 56.3 Å². The number of benzene rings is 1. The smallest absolute Gasteiger partial charge is 0.416 e. The van der Waals surface area contributed by atoms with Gasteiger partial charge in [0.25, 0.3) is 0 Å². The number of halogens is 3. The molecular formula is C20H24F3NO. The Kier molecular flexibility index (Phi) is 5.84. The number of furan rings is 1. The summed E-state index contributed by atoms with van der Waals surface area (Å²) in [5, 5.41) is 3.53. The molecule has 1 aromatic heterocycles. The maximum absolute atomic E-state index is 12.8. The summed E-state index contributed by atoms with van der Waals surface area (Å²) in [6, 6.07) is 9.33. The zero-order valence-electron chi connectivity index (χ0n) is 14.2. The van der Waals surface area contributed by atoms with Gasteiger partial charge in [-0.1, -0.05) is 44.2 Å². The SMILES string of the molecule is FC(F)(F)c1cccc(-c2ccc(CNC3CCCCCCC3)o2)c1. The molecule has 2 aromatic rings. The van der Waals surface area contributed by atoms with E-state index in [1.54, 1.807) is 12.1 Å². The lowest BCUT2D eigenvalue weighted by Crippen LogP contribution is -2.29. The molecule has 0 radical (unpaired) electrons. The Hall–Kier alpha value is -1.75. The van der Waals surface area contributed by atoms with Crippen molar-refractivity contribution >= 4 is 0 Å². The fraction of sp³-hybridized carbons (Fsp3) is 0.500. The maximum Gasteiger partial charge on any atom is 0.416 e. The molecule has 1 N–H and O–H groups in total. The Labute approximate surface area is 146 Å². The van der Waals surface area contributed by atoms with E-state index in [-0.39, 0.29) is 0 Å². The highest BCUT2D eigenvalue weighted by Gasteiger charge is 2.30. The lowest BCUT2D eigenvalue weighted by molar-refractivity contribution is -0.137. The molecule has 3 rings (SSSR count).